The third kappa shape index (κ3) is 2.98. The molecule has 16 heavy (non-hydrogen) atoms. The Morgan fingerprint density at radius 2 is 1.75 bits per heavy atom. The van der Waals surface area contributed by atoms with Crippen LogP contribution in [-0.4, -0.2) is 19.8 Å². The molecule has 0 radical (unpaired) electrons. The van der Waals surface area contributed by atoms with Crippen LogP contribution in [0.5, 0.6) is 0 Å². The second-order valence-corrected chi connectivity index (χ2v) is 6.53. The Morgan fingerprint density at radius 1 is 1.06 bits per heavy atom. The van der Waals surface area contributed by atoms with E-state index in [0.717, 1.165) is 14.2 Å². The molecule has 0 bridgehead atoms. The molecule has 0 N–H and O–H groups in total. The van der Waals surface area contributed by atoms with Crippen LogP contribution in [0.15, 0.2) is 24.3 Å². The first kappa shape index (κ1) is 11.9. The molecule has 0 amide bonds. The van der Waals surface area contributed by atoms with E-state index in [-0.39, 0.29) is 0 Å². The maximum Gasteiger partial charge on any atom is 0.0436 e. The van der Waals surface area contributed by atoms with Crippen LogP contribution in [0.1, 0.15) is 32.1 Å². The highest BCUT2D eigenvalue weighted by atomic mass is 31.1. The molecule has 2 heteroatoms. The van der Waals surface area contributed by atoms with E-state index < -0.39 is 0 Å². The van der Waals surface area contributed by atoms with E-state index in [9.17, 15) is 0 Å². The molecule has 1 aromatic rings. The Bertz CT molecular complexity index is 329. The van der Waals surface area contributed by atoms with Crippen molar-refractivity contribution in [3.05, 3.63) is 24.3 Å². The van der Waals surface area contributed by atoms with Gasteiger partial charge in [0.25, 0.3) is 0 Å². The Kier molecular flexibility index (Phi) is 4.23. The minimum Gasteiger partial charge on any atom is -0.377 e. The van der Waals surface area contributed by atoms with Gasteiger partial charge < -0.3 is 4.90 Å². The molecule has 1 unspecified atom stereocenters. The number of hydrogen-bond acceptors (Lipinski definition) is 1. The van der Waals surface area contributed by atoms with Gasteiger partial charge in [-0.15, -0.1) is 0 Å². The molecule has 1 atom stereocenters. The van der Waals surface area contributed by atoms with Gasteiger partial charge in [-0.3, -0.25) is 0 Å². The fourth-order valence-electron chi connectivity index (χ4n) is 2.45. The summed E-state index contributed by atoms with van der Waals surface area (Å²) in [6, 6.07) is 8.87. The zero-order valence-electron chi connectivity index (χ0n) is 10.4. The van der Waals surface area contributed by atoms with Crippen molar-refractivity contribution < 1.29 is 0 Å². The molecule has 1 nitrogen and oxygen atoms in total. The molecular weight excluding hydrogens is 213 g/mol. The van der Waals surface area contributed by atoms with Gasteiger partial charge in [-0.25, -0.2) is 0 Å². The van der Waals surface area contributed by atoms with Crippen LogP contribution in [0.25, 0.3) is 0 Å². The highest BCUT2D eigenvalue weighted by Gasteiger charge is 2.15. The van der Waals surface area contributed by atoms with Crippen molar-refractivity contribution in [3.63, 3.8) is 0 Å². The van der Waals surface area contributed by atoms with Gasteiger partial charge in [-0.2, -0.15) is 0 Å². The average Bonchev–Trinajstić information content (AvgIpc) is 2.31. The Balaban J connectivity index is 2.07. The quantitative estimate of drug-likeness (QED) is 0.726. The third-order valence-corrected chi connectivity index (χ3v) is 5.07. The standard InChI is InChI=1S/C14H22NP/c1-15(2)13-10-6-7-11-14(13)16-12-8-4-3-5-9-12/h6-7,10-12,16H,3-5,8-9H2,1-2H3. The van der Waals surface area contributed by atoms with Crippen molar-refractivity contribution >= 4 is 19.6 Å². The topological polar surface area (TPSA) is 3.24 Å². The minimum absolute atomic E-state index is 0.954. The zero-order valence-corrected chi connectivity index (χ0v) is 11.4. The van der Waals surface area contributed by atoms with Crippen molar-refractivity contribution in [3.8, 4) is 0 Å². The van der Waals surface area contributed by atoms with Gasteiger partial charge in [0, 0.05) is 19.8 Å². The monoisotopic (exact) mass is 235 g/mol. The van der Waals surface area contributed by atoms with Gasteiger partial charge in [0.05, 0.1) is 0 Å². The van der Waals surface area contributed by atoms with Crippen LogP contribution in [0.4, 0.5) is 5.69 Å². The lowest BCUT2D eigenvalue weighted by atomic mass is 10.0. The van der Waals surface area contributed by atoms with E-state index in [0.29, 0.717) is 0 Å². The zero-order chi connectivity index (χ0) is 11.4. The second-order valence-electron chi connectivity index (χ2n) is 4.89. The molecule has 1 fully saturated rings. The molecule has 1 aliphatic rings. The van der Waals surface area contributed by atoms with E-state index in [2.05, 4.69) is 43.3 Å². The predicted molar refractivity (Wildman–Crippen MR) is 75.6 cm³/mol. The lowest BCUT2D eigenvalue weighted by Gasteiger charge is -2.24. The molecule has 0 saturated heterocycles. The first-order valence-electron chi connectivity index (χ1n) is 6.30. The fraction of sp³-hybridized carbons (Fsp3) is 0.571. The van der Waals surface area contributed by atoms with E-state index in [4.69, 9.17) is 0 Å². The van der Waals surface area contributed by atoms with Crippen LogP contribution in [0.3, 0.4) is 0 Å². The Labute approximate surface area is 101 Å². The molecule has 0 heterocycles. The molecular formula is C14H22NP. The number of hydrogen-bond donors (Lipinski definition) is 0. The van der Waals surface area contributed by atoms with E-state index >= 15 is 0 Å². The minimum atomic E-state index is 0.954. The molecule has 1 aliphatic carbocycles. The highest BCUT2D eigenvalue weighted by Crippen LogP contribution is 2.34. The van der Waals surface area contributed by atoms with Gasteiger partial charge in [-0.05, 0) is 29.9 Å². The van der Waals surface area contributed by atoms with Crippen LogP contribution >= 0.6 is 8.58 Å². The van der Waals surface area contributed by atoms with Gasteiger partial charge in [0.2, 0.25) is 0 Å². The van der Waals surface area contributed by atoms with Crippen molar-refractivity contribution in [2.75, 3.05) is 19.0 Å². The van der Waals surface area contributed by atoms with Crippen molar-refractivity contribution in [1.82, 2.24) is 0 Å². The van der Waals surface area contributed by atoms with Crippen LogP contribution in [0, 0.1) is 0 Å². The maximum atomic E-state index is 2.31. The largest absolute Gasteiger partial charge is 0.377 e. The fourth-order valence-corrected chi connectivity index (χ4v) is 4.24. The number of para-hydroxylation sites is 1. The van der Waals surface area contributed by atoms with Crippen LogP contribution in [-0.2, 0) is 0 Å². The summed E-state index contributed by atoms with van der Waals surface area (Å²) in [5.41, 5.74) is 2.36. The van der Waals surface area contributed by atoms with Gasteiger partial charge >= 0.3 is 0 Å². The van der Waals surface area contributed by atoms with Crippen LogP contribution < -0.4 is 10.2 Å². The third-order valence-electron chi connectivity index (χ3n) is 3.35. The summed E-state index contributed by atoms with van der Waals surface area (Å²) in [6.07, 6.45) is 7.24. The summed E-state index contributed by atoms with van der Waals surface area (Å²) in [5, 5.41) is 1.56. The number of nitrogens with zero attached hydrogens (tertiary/aromatic N) is 1. The summed E-state index contributed by atoms with van der Waals surface area (Å²) in [5.74, 6) is 0. The summed E-state index contributed by atoms with van der Waals surface area (Å²) in [4.78, 5) is 2.24. The summed E-state index contributed by atoms with van der Waals surface area (Å²) in [6.45, 7) is 0. The molecule has 1 aromatic carbocycles. The summed E-state index contributed by atoms with van der Waals surface area (Å²) in [7, 11) is 5.29. The van der Waals surface area contributed by atoms with Crippen molar-refractivity contribution in [2.24, 2.45) is 0 Å². The van der Waals surface area contributed by atoms with E-state index in [1.165, 1.54) is 37.8 Å². The molecule has 0 aliphatic heterocycles. The van der Waals surface area contributed by atoms with Crippen molar-refractivity contribution in [1.29, 1.82) is 0 Å². The number of benzene rings is 1. The first-order valence-corrected chi connectivity index (χ1v) is 7.38. The predicted octanol–water partition coefficient (Wildman–Crippen LogP) is 3.39. The lowest BCUT2D eigenvalue weighted by Crippen LogP contribution is -2.18. The van der Waals surface area contributed by atoms with E-state index in [1.807, 2.05) is 0 Å². The molecule has 1 saturated carbocycles. The summed E-state index contributed by atoms with van der Waals surface area (Å²) >= 11 is 0. The highest BCUT2D eigenvalue weighted by molar-refractivity contribution is 7.48. The lowest BCUT2D eigenvalue weighted by molar-refractivity contribution is 0.514. The Morgan fingerprint density at radius 3 is 2.44 bits per heavy atom. The van der Waals surface area contributed by atoms with Gasteiger partial charge in [-0.1, -0.05) is 46.0 Å². The first-order chi connectivity index (χ1) is 7.77. The van der Waals surface area contributed by atoms with Gasteiger partial charge in [0.15, 0.2) is 0 Å². The smallest absolute Gasteiger partial charge is 0.0436 e. The number of rotatable bonds is 3. The SMILES string of the molecule is CN(C)c1ccccc1PC1CCCCC1. The molecule has 0 spiro atoms. The maximum absolute atomic E-state index is 2.31. The molecule has 0 aromatic heterocycles. The summed E-state index contributed by atoms with van der Waals surface area (Å²) < 4.78 is 0. The van der Waals surface area contributed by atoms with Gasteiger partial charge in [0.1, 0.15) is 0 Å². The second kappa shape index (κ2) is 5.68. The Hall–Kier alpha value is -0.550. The average molecular weight is 235 g/mol. The molecule has 88 valence electrons. The normalized spacial score (nSPS) is 18.1. The van der Waals surface area contributed by atoms with E-state index in [1.54, 1.807) is 5.30 Å². The number of anilines is 1. The van der Waals surface area contributed by atoms with Crippen LogP contribution in [0.2, 0.25) is 0 Å². The molecule has 2 rings (SSSR count). The van der Waals surface area contributed by atoms with Crippen molar-refractivity contribution in [2.45, 2.75) is 37.8 Å².